The summed E-state index contributed by atoms with van der Waals surface area (Å²) in [6.07, 6.45) is 3.50. The molecule has 1 heterocycles. The predicted molar refractivity (Wildman–Crippen MR) is 64.2 cm³/mol. The highest BCUT2D eigenvalue weighted by atomic mass is 14.6. The molecule has 0 unspecified atom stereocenters. The molecule has 0 radical (unpaired) electrons. The van der Waals surface area contributed by atoms with Crippen LogP contribution in [-0.4, -0.2) is 4.98 Å². The molecule has 0 atom stereocenters. The largest absolute Gasteiger partial charge is 0.257 e. The summed E-state index contributed by atoms with van der Waals surface area (Å²) in [7, 11) is 0. The fourth-order valence-corrected chi connectivity index (χ4v) is 1.41. The number of allylic oxidation sites excluding steroid dienone is 1. The Kier molecular flexibility index (Phi) is 3.10. The third kappa shape index (κ3) is 2.34. The predicted octanol–water partition coefficient (Wildman–Crippen LogP) is 3.15. The number of rotatable bonds is 2. The summed E-state index contributed by atoms with van der Waals surface area (Å²) in [5.74, 6) is 0. The standard InChI is InChI=1S/C14H10N2/c15-11-13(12-6-2-1-3-7-12)10-14-8-4-5-9-16-14/h1-10H/b13-10-. The van der Waals surface area contributed by atoms with Crippen molar-refractivity contribution in [3.63, 3.8) is 0 Å². The Hall–Kier alpha value is -2.40. The molecule has 1 aromatic carbocycles. The number of hydrogen-bond donors (Lipinski definition) is 0. The van der Waals surface area contributed by atoms with Crippen LogP contribution < -0.4 is 0 Å². The van der Waals surface area contributed by atoms with E-state index in [0.717, 1.165) is 11.3 Å². The van der Waals surface area contributed by atoms with Crippen molar-refractivity contribution in [1.82, 2.24) is 4.98 Å². The number of benzene rings is 1. The molecule has 0 amide bonds. The highest BCUT2D eigenvalue weighted by Crippen LogP contribution is 2.15. The zero-order valence-corrected chi connectivity index (χ0v) is 8.67. The van der Waals surface area contributed by atoms with Crippen LogP contribution in [0.3, 0.4) is 0 Å². The van der Waals surface area contributed by atoms with Gasteiger partial charge in [-0.15, -0.1) is 0 Å². The number of nitrogens with zero attached hydrogens (tertiary/aromatic N) is 2. The van der Waals surface area contributed by atoms with E-state index in [9.17, 15) is 0 Å². The van der Waals surface area contributed by atoms with Gasteiger partial charge in [0.2, 0.25) is 0 Å². The maximum absolute atomic E-state index is 9.09. The van der Waals surface area contributed by atoms with Crippen molar-refractivity contribution in [1.29, 1.82) is 5.26 Å². The monoisotopic (exact) mass is 206 g/mol. The van der Waals surface area contributed by atoms with Crippen LogP contribution in [0.15, 0.2) is 54.7 Å². The van der Waals surface area contributed by atoms with E-state index in [1.165, 1.54) is 0 Å². The van der Waals surface area contributed by atoms with Gasteiger partial charge in [-0.1, -0.05) is 36.4 Å². The van der Waals surface area contributed by atoms with E-state index in [1.807, 2.05) is 48.5 Å². The van der Waals surface area contributed by atoms with Gasteiger partial charge in [0.05, 0.1) is 17.3 Å². The van der Waals surface area contributed by atoms with Gasteiger partial charge in [0.1, 0.15) is 0 Å². The van der Waals surface area contributed by atoms with Crippen LogP contribution in [0.1, 0.15) is 11.3 Å². The van der Waals surface area contributed by atoms with Gasteiger partial charge in [-0.05, 0) is 23.8 Å². The van der Waals surface area contributed by atoms with Crippen LogP contribution >= 0.6 is 0 Å². The van der Waals surface area contributed by atoms with E-state index in [4.69, 9.17) is 5.26 Å². The van der Waals surface area contributed by atoms with Gasteiger partial charge in [-0.2, -0.15) is 5.26 Å². The van der Waals surface area contributed by atoms with Crippen LogP contribution in [-0.2, 0) is 0 Å². The molecular formula is C14H10N2. The molecule has 0 aliphatic carbocycles. The number of hydrogen-bond acceptors (Lipinski definition) is 2. The van der Waals surface area contributed by atoms with Crippen LogP contribution in [0, 0.1) is 11.3 Å². The summed E-state index contributed by atoms with van der Waals surface area (Å²) in [6.45, 7) is 0. The van der Waals surface area contributed by atoms with E-state index in [0.29, 0.717) is 5.57 Å². The van der Waals surface area contributed by atoms with Gasteiger partial charge in [0, 0.05) is 6.20 Å². The molecule has 0 aliphatic heterocycles. The fraction of sp³-hybridized carbons (Fsp3) is 0. The number of nitriles is 1. The molecule has 2 aromatic rings. The molecular weight excluding hydrogens is 196 g/mol. The van der Waals surface area contributed by atoms with Crippen molar-refractivity contribution in [2.75, 3.05) is 0 Å². The zero-order chi connectivity index (χ0) is 11.2. The van der Waals surface area contributed by atoms with Crippen molar-refractivity contribution in [2.45, 2.75) is 0 Å². The molecule has 1 aromatic heterocycles. The quantitative estimate of drug-likeness (QED) is 0.708. The molecule has 0 spiro atoms. The van der Waals surface area contributed by atoms with Gasteiger partial charge in [-0.3, -0.25) is 4.98 Å². The lowest BCUT2D eigenvalue weighted by Gasteiger charge is -1.98. The minimum atomic E-state index is 0.624. The smallest absolute Gasteiger partial charge is 0.0998 e. The van der Waals surface area contributed by atoms with E-state index < -0.39 is 0 Å². The summed E-state index contributed by atoms with van der Waals surface area (Å²) in [5, 5.41) is 9.09. The minimum Gasteiger partial charge on any atom is -0.257 e. The van der Waals surface area contributed by atoms with Gasteiger partial charge >= 0.3 is 0 Å². The second-order valence-electron chi connectivity index (χ2n) is 3.29. The molecule has 0 N–H and O–H groups in total. The average Bonchev–Trinajstić information content (AvgIpc) is 2.38. The second-order valence-corrected chi connectivity index (χ2v) is 3.29. The SMILES string of the molecule is N#C/C(=C/c1ccccn1)c1ccccc1. The zero-order valence-electron chi connectivity index (χ0n) is 8.67. The lowest BCUT2D eigenvalue weighted by molar-refractivity contribution is 1.30. The first-order valence-electron chi connectivity index (χ1n) is 4.98. The molecule has 0 fully saturated rings. The fourth-order valence-electron chi connectivity index (χ4n) is 1.41. The van der Waals surface area contributed by atoms with Crippen LogP contribution in [0.5, 0.6) is 0 Å². The molecule has 0 bridgehead atoms. The maximum atomic E-state index is 9.09. The molecule has 2 nitrogen and oxygen atoms in total. The number of pyridine rings is 1. The average molecular weight is 206 g/mol. The van der Waals surface area contributed by atoms with Crippen LogP contribution in [0.4, 0.5) is 0 Å². The van der Waals surface area contributed by atoms with Crippen molar-refractivity contribution in [3.8, 4) is 6.07 Å². The Morgan fingerprint density at radius 2 is 1.81 bits per heavy atom. The van der Waals surface area contributed by atoms with Gasteiger partial charge in [0.25, 0.3) is 0 Å². The Labute approximate surface area is 94.5 Å². The van der Waals surface area contributed by atoms with Crippen LogP contribution in [0.25, 0.3) is 11.6 Å². The van der Waals surface area contributed by atoms with Crippen LogP contribution in [0.2, 0.25) is 0 Å². The molecule has 16 heavy (non-hydrogen) atoms. The second kappa shape index (κ2) is 4.90. The summed E-state index contributed by atoms with van der Waals surface area (Å²) in [6, 6.07) is 17.4. The van der Waals surface area contributed by atoms with Crippen molar-refractivity contribution in [2.24, 2.45) is 0 Å². The molecule has 0 saturated carbocycles. The van der Waals surface area contributed by atoms with Gasteiger partial charge in [-0.25, -0.2) is 0 Å². The third-order valence-electron chi connectivity index (χ3n) is 2.19. The Bertz CT molecular complexity index is 522. The summed E-state index contributed by atoms with van der Waals surface area (Å²) in [5.41, 5.74) is 2.33. The molecule has 2 rings (SSSR count). The highest BCUT2D eigenvalue weighted by molar-refractivity contribution is 5.88. The summed E-state index contributed by atoms with van der Waals surface area (Å²) < 4.78 is 0. The van der Waals surface area contributed by atoms with E-state index in [2.05, 4.69) is 11.1 Å². The first-order chi connectivity index (χ1) is 7.90. The van der Waals surface area contributed by atoms with Crippen molar-refractivity contribution < 1.29 is 0 Å². The minimum absolute atomic E-state index is 0.624. The van der Waals surface area contributed by atoms with Crippen molar-refractivity contribution in [3.05, 3.63) is 66.0 Å². The highest BCUT2D eigenvalue weighted by Gasteiger charge is 1.99. The Morgan fingerprint density at radius 3 is 2.44 bits per heavy atom. The normalized spacial score (nSPS) is 10.8. The maximum Gasteiger partial charge on any atom is 0.0998 e. The van der Waals surface area contributed by atoms with Gasteiger partial charge < -0.3 is 0 Å². The lowest BCUT2D eigenvalue weighted by atomic mass is 10.1. The molecule has 0 aliphatic rings. The third-order valence-corrected chi connectivity index (χ3v) is 2.19. The van der Waals surface area contributed by atoms with E-state index in [1.54, 1.807) is 12.3 Å². The van der Waals surface area contributed by atoms with Gasteiger partial charge in [0.15, 0.2) is 0 Å². The summed E-state index contributed by atoms with van der Waals surface area (Å²) >= 11 is 0. The topological polar surface area (TPSA) is 36.7 Å². The van der Waals surface area contributed by atoms with E-state index >= 15 is 0 Å². The first-order valence-corrected chi connectivity index (χ1v) is 4.98. The molecule has 2 heteroatoms. The molecule has 76 valence electrons. The molecule has 0 saturated heterocycles. The Balaban J connectivity index is 2.39. The number of aromatic nitrogens is 1. The van der Waals surface area contributed by atoms with Crippen molar-refractivity contribution >= 4 is 11.6 Å². The first kappa shape index (κ1) is 10.1. The lowest BCUT2D eigenvalue weighted by Crippen LogP contribution is -1.83. The van der Waals surface area contributed by atoms with E-state index in [-0.39, 0.29) is 0 Å². The Morgan fingerprint density at radius 1 is 1.06 bits per heavy atom. The summed E-state index contributed by atoms with van der Waals surface area (Å²) in [4.78, 5) is 4.16.